The third-order valence-electron chi connectivity index (χ3n) is 2.64. The van der Waals surface area contributed by atoms with Gasteiger partial charge in [-0.3, -0.25) is 0 Å². The van der Waals surface area contributed by atoms with Crippen molar-refractivity contribution in [2.45, 2.75) is 6.61 Å². The van der Waals surface area contributed by atoms with Crippen molar-refractivity contribution in [2.24, 2.45) is 0 Å². The lowest BCUT2D eigenvalue weighted by Crippen LogP contribution is -2.20. The quantitative estimate of drug-likeness (QED) is 0.501. The third kappa shape index (κ3) is 4.11. The van der Waals surface area contributed by atoms with Gasteiger partial charge < -0.3 is 19.4 Å². The normalized spacial score (nSPS) is 10.6. The smallest absolute Gasteiger partial charge is 0.512 e. The maximum atomic E-state index is 13.7. The molecule has 0 aliphatic carbocycles. The van der Waals surface area contributed by atoms with Crippen molar-refractivity contribution < 1.29 is 41.4 Å². The van der Waals surface area contributed by atoms with Crippen LogP contribution in [0.1, 0.15) is 5.56 Å². The molecular formula is C13H8BF5O4. The van der Waals surface area contributed by atoms with Crippen molar-refractivity contribution in [3.8, 4) is 11.5 Å². The van der Waals surface area contributed by atoms with Crippen LogP contribution in [0.25, 0.3) is 0 Å². The molecule has 0 radical (unpaired) electrons. The summed E-state index contributed by atoms with van der Waals surface area (Å²) in [7, 11) is -2.27. The van der Waals surface area contributed by atoms with Crippen molar-refractivity contribution in [2.75, 3.05) is 0 Å². The van der Waals surface area contributed by atoms with Crippen LogP contribution in [0.5, 0.6) is 11.5 Å². The first kappa shape index (κ1) is 17.0. The monoisotopic (exact) mass is 334 g/mol. The molecule has 0 fully saturated rings. The van der Waals surface area contributed by atoms with Crippen molar-refractivity contribution in [1.82, 2.24) is 0 Å². The van der Waals surface area contributed by atoms with E-state index in [4.69, 9.17) is 14.8 Å². The summed E-state index contributed by atoms with van der Waals surface area (Å²) in [6.45, 7) is -0.634. The first-order chi connectivity index (χ1) is 10.8. The fraction of sp³-hybridized carbons (Fsp3) is 0.0769. The highest BCUT2D eigenvalue weighted by atomic mass is 19.2. The average Bonchev–Trinajstić information content (AvgIpc) is 2.43. The molecule has 2 aromatic carbocycles. The van der Waals surface area contributed by atoms with Crippen molar-refractivity contribution in [3.05, 3.63) is 58.9 Å². The van der Waals surface area contributed by atoms with Crippen LogP contribution in [-0.4, -0.2) is 17.4 Å². The van der Waals surface area contributed by atoms with E-state index in [1.807, 2.05) is 0 Å². The molecule has 0 aliphatic rings. The Hall–Kier alpha value is -2.33. The molecular weight excluding hydrogens is 326 g/mol. The third-order valence-corrected chi connectivity index (χ3v) is 2.64. The number of benzene rings is 2. The zero-order valence-electron chi connectivity index (χ0n) is 11.2. The fourth-order valence-corrected chi connectivity index (χ4v) is 1.71. The lowest BCUT2D eigenvalue weighted by atomic mass is 10.2. The van der Waals surface area contributed by atoms with Crippen LogP contribution in [0.3, 0.4) is 0 Å². The highest BCUT2D eigenvalue weighted by Gasteiger charge is 2.18. The van der Waals surface area contributed by atoms with E-state index < -0.39 is 54.5 Å². The Labute approximate surface area is 126 Å². The van der Waals surface area contributed by atoms with Gasteiger partial charge in [0.15, 0.2) is 34.8 Å². The Balaban J connectivity index is 2.18. The predicted octanol–water partition coefficient (Wildman–Crippen LogP) is 2.31. The van der Waals surface area contributed by atoms with Crippen LogP contribution < -0.4 is 9.39 Å². The maximum Gasteiger partial charge on any atom is 0.707 e. The lowest BCUT2D eigenvalue weighted by Gasteiger charge is -2.11. The highest BCUT2D eigenvalue weighted by Crippen LogP contribution is 2.28. The van der Waals surface area contributed by atoms with Crippen LogP contribution in [0.2, 0.25) is 0 Å². The summed E-state index contributed by atoms with van der Waals surface area (Å²) in [4.78, 5) is 0. The van der Waals surface area contributed by atoms with Crippen LogP contribution in [-0.2, 0) is 6.61 Å². The van der Waals surface area contributed by atoms with E-state index in [1.165, 1.54) is 0 Å². The van der Waals surface area contributed by atoms with Crippen LogP contribution in [0.15, 0.2) is 24.3 Å². The van der Waals surface area contributed by atoms with E-state index in [0.29, 0.717) is 24.3 Å². The van der Waals surface area contributed by atoms with Gasteiger partial charge in [-0.2, -0.15) is 0 Å². The van der Waals surface area contributed by atoms with Gasteiger partial charge in [0.2, 0.25) is 0 Å². The molecule has 0 amide bonds. The van der Waals surface area contributed by atoms with Gasteiger partial charge in [-0.1, -0.05) is 0 Å². The number of rotatable bonds is 5. The summed E-state index contributed by atoms with van der Waals surface area (Å²) in [6, 6.07) is 2.47. The minimum atomic E-state index is -2.27. The molecule has 4 nitrogen and oxygen atoms in total. The molecule has 0 aromatic heterocycles. The summed E-state index contributed by atoms with van der Waals surface area (Å²) < 4.78 is 75.2. The van der Waals surface area contributed by atoms with Gasteiger partial charge >= 0.3 is 7.32 Å². The lowest BCUT2D eigenvalue weighted by molar-refractivity contribution is 0.267. The Morgan fingerprint density at radius 1 is 0.826 bits per heavy atom. The van der Waals surface area contributed by atoms with Crippen molar-refractivity contribution in [1.29, 1.82) is 0 Å². The van der Waals surface area contributed by atoms with E-state index in [2.05, 4.69) is 4.65 Å². The Bertz CT molecular complexity index is 679. The summed E-state index contributed by atoms with van der Waals surface area (Å²) in [5.74, 6) is -8.49. The number of hydrogen-bond acceptors (Lipinski definition) is 4. The molecule has 2 aromatic rings. The van der Waals surface area contributed by atoms with Crippen molar-refractivity contribution >= 4 is 7.32 Å². The molecule has 2 N–H and O–H groups in total. The second-order valence-electron chi connectivity index (χ2n) is 4.32. The topological polar surface area (TPSA) is 58.9 Å². The van der Waals surface area contributed by atoms with E-state index >= 15 is 0 Å². The first-order valence-electron chi connectivity index (χ1n) is 6.06. The highest BCUT2D eigenvalue weighted by molar-refractivity contribution is 6.33. The largest absolute Gasteiger partial charge is 0.707 e. The van der Waals surface area contributed by atoms with Gasteiger partial charge in [-0.05, 0) is 17.7 Å². The minimum Gasteiger partial charge on any atom is -0.512 e. The number of hydrogen-bond donors (Lipinski definition) is 2. The second kappa shape index (κ2) is 6.84. The number of halogens is 5. The predicted molar refractivity (Wildman–Crippen MR) is 67.8 cm³/mol. The molecule has 0 saturated heterocycles. The SMILES string of the molecule is OB(O)Oc1cc(F)c(OCc2cc(F)c(F)c(F)c2)c(F)c1. The van der Waals surface area contributed by atoms with Crippen molar-refractivity contribution in [3.63, 3.8) is 0 Å². The second-order valence-corrected chi connectivity index (χ2v) is 4.32. The average molecular weight is 334 g/mol. The van der Waals surface area contributed by atoms with Gasteiger partial charge in [-0.15, -0.1) is 0 Å². The maximum absolute atomic E-state index is 13.7. The fourth-order valence-electron chi connectivity index (χ4n) is 1.71. The molecule has 122 valence electrons. The molecule has 0 spiro atoms. The van der Waals surface area contributed by atoms with Crippen LogP contribution in [0.4, 0.5) is 22.0 Å². The molecule has 0 unspecified atom stereocenters. The van der Waals surface area contributed by atoms with Gasteiger partial charge in [0.1, 0.15) is 12.4 Å². The summed E-state index contributed by atoms with van der Waals surface area (Å²) in [5, 5.41) is 17.1. The Morgan fingerprint density at radius 2 is 1.35 bits per heavy atom. The summed E-state index contributed by atoms with van der Waals surface area (Å²) in [6.07, 6.45) is 0. The van der Waals surface area contributed by atoms with Crippen LogP contribution >= 0.6 is 0 Å². The molecule has 0 saturated carbocycles. The molecule has 0 heterocycles. The zero-order valence-corrected chi connectivity index (χ0v) is 11.2. The summed E-state index contributed by atoms with van der Waals surface area (Å²) in [5.41, 5.74) is -0.189. The zero-order chi connectivity index (χ0) is 17.1. The molecule has 0 atom stereocenters. The van der Waals surface area contributed by atoms with E-state index in [0.717, 1.165) is 0 Å². The summed E-state index contributed by atoms with van der Waals surface area (Å²) >= 11 is 0. The molecule has 10 heteroatoms. The van der Waals surface area contributed by atoms with Crippen LogP contribution in [0, 0.1) is 29.1 Å². The van der Waals surface area contributed by atoms with Gasteiger partial charge in [0.05, 0.1) is 0 Å². The van der Waals surface area contributed by atoms with Gasteiger partial charge in [-0.25, -0.2) is 22.0 Å². The van der Waals surface area contributed by atoms with E-state index in [1.54, 1.807) is 0 Å². The number of ether oxygens (including phenoxy) is 1. The molecule has 0 aliphatic heterocycles. The van der Waals surface area contributed by atoms with Gasteiger partial charge in [0.25, 0.3) is 0 Å². The van der Waals surface area contributed by atoms with Gasteiger partial charge in [0, 0.05) is 12.1 Å². The molecule has 2 rings (SSSR count). The molecule has 0 bridgehead atoms. The van der Waals surface area contributed by atoms with E-state index in [9.17, 15) is 22.0 Å². The van der Waals surface area contributed by atoms with E-state index in [-0.39, 0.29) is 5.56 Å². The Kier molecular flexibility index (Phi) is 5.07. The Morgan fingerprint density at radius 3 is 1.83 bits per heavy atom. The standard InChI is InChI=1S/C13H8BF5O4/c15-8-1-6(2-9(16)12(8)19)5-22-13-10(17)3-7(4-11(13)18)23-14(20)21/h1-4,20-21H,5H2. The first-order valence-corrected chi connectivity index (χ1v) is 6.06. The molecule has 23 heavy (non-hydrogen) atoms. The minimum absolute atomic E-state index is 0.189.